The molecule has 0 aliphatic heterocycles. The SMILES string of the molecule is CCN(C)C(=O)Nc1cc(F)ccc1OCC1CC1. The minimum atomic E-state index is -0.395. The summed E-state index contributed by atoms with van der Waals surface area (Å²) in [7, 11) is 1.68. The van der Waals surface area contributed by atoms with Crippen LogP contribution in [-0.4, -0.2) is 31.1 Å². The smallest absolute Gasteiger partial charge is 0.321 e. The Hall–Kier alpha value is -1.78. The molecule has 2 amide bonds. The molecule has 0 unspecified atom stereocenters. The number of nitrogens with one attached hydrogen (secondary N) is 1. The zero-order valence-corrected chi connectivity index (χ0v) is 11.3. The van der Waals surface area contributed by atoms with E-state index in [1.165, 1.54) is 29.9 Å². The molecule has 0 saturated heterocycles. The second-order valence-electron chi connectivity index (χ2n) is 4.84. The van der Waals surface area contributed by atoms with Gasteiger partial charge in [0.2, 0.25) is 0 Å². The third-order valence-corrected chi connectivity index (χ3v) is 3.18. The van der Waals surface area contributed by atoms with Crippen molar-refractivity contribution < 1.29 is 13.9 Å². The predicted octanol–water partition coefficient (Wildman–Crippen LogP) is 3.10. The Morgan fingerprint density at radius 3 is 2.89 bits per heavy atom. The van der Waals surface area contributed by atoms with Crippen LogP contribution in [0.25, 0.3) is 0 Å². The second kappa shape index (κ2) is 5.91. The van der Waals surface area contributed by atoms with Gasteiger partial charge in [0.05, 0.1) is 12.3 Å². The van der Waals surface area contributed by atoms with Crippen LogP contribution in [0.5, 0.6) is 5.75 Å². The Balaban J connectivity index is 2.06. The Morgan fingerprint density at radius 2 is 2.26 bits per heavy atom. The molecule has 0 radical (unpaired) electrons. The van der Waals surface area contributed by atoms with Crippen molar-refractivity contribution in [1.29, 1.82) is 0 Å². The molecule has 19 heavy (non-hydrogen) atoms. The van der Waals surface area contributed by atoms with Gasteiger partial charge in [-0.25, -0.2) is 9.18 Å². The molecule has 1 aromatic rings. The number of benzene rings is 1. The zero-order valence-electron chi connectivity index (χ0n) is 11.3. The van der Waals surface area contributed by atoms with Crippen LogP contribution in [0.15, 0.2) is 18.2 Å². The fourth-order valence-electron chi connectivity index (χ4n) is 1.57. The average Bonchev–Trinajstić information content (AvgIpc) is 3.21. The van der Waals surface area contributed by atoms with Crippen molar-refractivity contribution >= 4 is 11.7 Å². The van der Waals surface area contributed by atoms with Gasteiger partial charge in [0.15, 0.2) is 0 Å². The van der Waals surface area contributed by atoms with Crippen LogP contribution in [0.4, 0.5) is 14.9 Å². The lowest BCUT2D eigenvalue weighted by atomic mass is 10.3. The summed E-state index contributed by atoms with van der Waals surface area (Å²) in [6.07, 6.45) is 2.36. The number of carbonyl (C=O) groups is 1. The lowest BCUT2D eigenvalue weighted by Gasteiger charge is -2.17. The van der Waals surface area contributed by atoms with Crippen LogP contribution >= 0.6 is 0 Å². The number of halogens is 1. The highest BCUT2D eigenvalue weighted by Gasteiger charge is 2.22. The molecule has 0 aromatic heterocycles. The van der Waals surface area contributed by atoms with Crippen molar-refractivity contribution in [3.8, 4) is 5.75 Å². The van der Waals surface area contributed by atoms with E-state index in [2.05, 4.69) is 5.32 Å². The molecule has 0 atom stereocenters. The largest absolute Gasteiger partial charge is 0.491 e. The van der Waals surface area contributed by atoms with Crippen molar-refractivity contribution in [3.05, 3.63) is 24.0 Å². The summed E-state index contributed by atoms with van der Waals surface area (Å²) in [5.74, 6) is 0.728. The molecule has 104 valence electrons. The third kappa shape index (κ3) is 3.84. The Bertz CT molecular complexity index is 461. The molecule has 0 spiro atoms. The van der Waals surface area contributed by atoms with Gasteiger partial charge in [-0.1, -0.05) is 0 Å². The first-order chi connectivity index (χ1) is 9.10. The highest BCUT2D eigenvalue weighted by molar-refractivity contribution is 5.90. The van der Waals surface area contributed by atoms with E-state index in [1.807, 2.05) is 6.92 Å². The summed E-state index contributed by atoms with van der Waals surface area (Å²) in [5, 5.41) is 2.67. The second-order valence-corrected chi connectivity index (χ2v) is 4.84. The molecule has 1 aromatic carbocycles. The molecule has 1 fully saturated rings. The highest BCUT2D eigenvalue weighted by Crippen LogP contribution is 2.32. The molecule has 0 heterocycles. The molecule has 4 nitrogen and oxygen atoms in total. The van der Waals surface area contributed by atoms with E-state index in [-0.39, 0.29) is 6.03 Å². The number of urea groups is 1. The van der Waals surface area contributed by atoms with Gasteiger partial charge < -0.3 is 15.0 Å². The monoisotopic (exact) mass is 266 g/mol. The van der Waals surface area contributed by atoms with Gasteiger partial charge in [-0.2, -0.15) is 0 Å². The van der Waals surface area contributed by atoms with Crippen LogP contribution < -0.4 is 10.1 Å². The maximum atomic E-state index is 13.3. The van der Waals surface area contributed by atoms with Gasteiger partial charge in [-0.3, -0.25) is 0 Å². The van der Waals surface area contributed by atoms with Gasteiger partial charge in [0, 0.05) is 19.7 Å². The molecule has 1 aliphatic rings. The maximum Gasteiger partial charge on any atom is 0.321 e. The molecule has 1 saturated carbocycles. The lowest BCUT2D eigenvalue weighted by molar-refractivity contribution is 0.224. The molecule has 0 bridgehead atoms. The standard InChI is InChI=1S/C14H19FN2O2/c1-3-17(2)14(18)16-12-8-11(15)6-7-13(12)19-9-10-4-5-10/h6-8,10H,3-5,9H2,1-2H3,(H,16,18). The summed E-state index contributed by atoms with van der Waals surface area (Å²) in [4.78, 5) is 13.3. The normalized spacial score (nSPS) is 14.1. The van der Waals surface area contributed by atoms with E-state index in [4.69, 9.17) is 4.74 Å². The predicted molar refractivity (Wildman–Crippen MR) is 71.9 cm³/mol. The van der Waals surface area contributed by atoms with Crippen LogP contribution in [0.2, 0.25) is 0 Å². The van der Waals surface area contributed by atoms with Gasteiger partial charge in [-0.05, 0) is 37.8 Å². The molecule has 2 rings (SSSR count). The number of rotatable bonds is 5. The molecule has 1 aliphatic carbocycles. The van der Waals surface area contributed by atoms with Crippen molar-refractivity contribution in [3.63, 3.8) is 0 Å². The first-order valence-electron chi connectivity index (χ1n) is 6.54. The molecular formula is C14H19FN2O2. The van der Waals surface area contributed by atoms with Crippen molar-refractivity contribution in [2.75, 3.05) is 25.5 Å². The van der Waals surface area contributed by atoms with E-state index >= 15 is 0 Å². The first-order valence-corrected chi connectivity index (χ1v) is 6.54. The van der Waals surface area contributed by atoms with E-state index in [0.717, 1.165) is 0 Å². The molecular weight excluding hydrogens is 247 g/mol. The fourth-order valence-corrected chi connectivity index (χ4v) is 1.57. The Morgan fingerprint density at radius 1 is 1.53 bits per heavy atom. The zero-order chi connectivity index (χ0) is 13.8. The Kier molecular flexibility index (Phi) is 4.24. The minimum absolute atomic E-state index is 0.274. The van der Waals surface area contributed by atoms with E-state index in [1.54, 1.807) is 13.1 Å². The van der Waals surface area contributed by atoms with Gasteiger partial charge in [-0.15, -0.1) is 0 Å². The van der Waals surface area contributed by atoms with Crippen molar-refractivity contribution in [2.45, 2.75) is 19.8 Å². The summed E-state index contributed by atoms with van der Waals surface area (Å²) in [6, 6.07) is 3.90. The summed E-state index contributed by atoms with van der Waals surface area (Å²) in [5.41, 5.74) is 0.381. The minimum Gasteiger partial charge on any atom is -0.491 e. The highest BCUT2D eigenvalue weighted by atomic mass is 19.1. The van der Waals surface area contributed by atoms with Gasteiger partial charge >= 0.3 is 6.03 Å². The number of hydrogen-bond donors (Lipinski definition) is 1. The topological polar surface area (TPSA) is 41.6 Å². The molecule has 1 N–H and O–H groups in total. The number of anilines is 1. The molecule has 5 heteroatoms. The van der Waals surface area contributed by atoms with Crippen LogP contribution in [0.3, 0.4) is 0 Å². The lowest BCUT2D eigenvalue weighted by Crippen LogP contribution is -2.31. The van der Waals surface area contributed by atoms with Gasteiger partial charge in [0.1, 0.15) is 11.6 Å². The quantitative estimate of drug-likeness (QED) is 0.889. The average molecular weight is 266 g/mol. The number of nitrogens with zero attached hydrogens (tertiary/aromatic N) is 1. The van der Waals surface area contributed by atoms with E-state index in [0.29, 0.717) is 30.5 Å². The number of amides is 2. The first kappa shape index (κ1) is 13.6. The van der Waals surface area contributed by atoms with Crippen LogP contribution in [0.1, 0.15) is 19.8 Å². The Labute approximate surface area is 112 Å². The summed E-state index contributed by atoms with van der Waals surface area (Å²) in [6.45, 7) is 3.08. The maximum absolute atomic E-state index is 13.3. The number of hydrogen-bond acceptors (Lipinski definition) is 2. The van der Waals surface area contributed by atoms with Crippen LogP contribution in [0, 0.1) is 11.7 Å². The number of ether oxygens (including phenoxy) is 1. The summed E-state index contributed by atoms with van der Waals surface area (Å²) < 4.78 is 18.9. The van der Waals surface area contributed by atoms with E-state index < -0.39 is 5.82 Å². The fraction of sp³-hybridized carbons (Fsp3) is 0.500. The van der Waals surface area contributed by atoms with Crippen LogP contribution in [-0.2, 0) is 0 Å². The van der Waals surface area contributed by atoms with Crippen molar-refractivity contribution in [1.82, 2.24) is 4.90 Å². The van der Waals surface area contributed by atoms with Crippen molar-refractivity contribution in [2.24, 2.45) is 5.92 Å². The van der Waals surface area contributed by atoms with E-state index in [9.17, 15) is 9.18 Å². The summed E-state index contributed by atoms with van der Waals surface area (Å²) >= 11 is 0. The van der Waals surface area contributed by atoms with Gasteiger partial charge in [0.25, 0.3) is 0 Å². The third-order valence-electron chi connectivity index (χ3n) is 3.18. The number of carbonyl (C=O) groups excluding carboxylic acids is 1.